The van der Waals surface area contributed by atoms with Crippen molar-refractivity contribution in [1.82, 2.24) is 0 Å². The van der Waals surface area contributed by atoms with Gasteiger partial charge in [-0.25, -0.2) is 0 Å². The summed E-state index contributed by atoms with van der Waals surface area (Å²) < 4.78 is 11.9. The third kappa shape index (κ3) is 4.09. The molecule has 0 bridgehead atoms. The highest BCUT2D eigenvalue weighted by Gasteiger charge is 2.05. The normalized spacial score (nSPS) is 13.3. The van der Waals surface area contributed by atoms with Crippen LogP contribution in [-0.4, -0.2) is 5.78 Å². The van der Waals surface area contributed by atoms with Crippen LogP contribution in [0.2, 0.25) is 0 Å². The molecule has 3 aromatic carbocycles. The minimum Gasteiger partial charge on any atom is -0.458 e. The van der Waals surface area contributed by atoms with Gasteiger partial charge in [0.15, 0.2) is 5.78 Å². The van der Waals surface area contributed by atoms with Crippen molar-refractivity contribution in [2.45, 2.75) is 13.3 Å². The number of ether oxygens (including phenoxy) is 2. The highest BCUT2D eigenvalue weighted by molar-refractivity contribution is 5.94. The van der Waals surface area contributed by atoms with Gasteiger partial charge < -0.3 is 9.47 Å². The van der Waals surface area contributed by atoms with Crippen LogP contribution in [0.1, 0.15) is 23.7 Å². The van der Waals surface area contributed by atoms with Crippen LogP contribution in [0.15, 0.2) is 84.7 Å². The van der Waals surface area contributed by atoms with Crippen LogP contribution < -0.4 is 9.47 Å². The highest BCUT2D eigenvalue weighted by Crippen LogP contribution is 2.29. The van der Waals surface area contributed by atoms with Crippen LogP contribution in [0, 0.1) is 6.42 Å². The second-order valence-electron chi connectivity index (χ2n) is 6.39. The van der Waals surface area contributed by atoms with E-state index in [0.717, 1.165) is 34.5 Å². The van der Waals surface area contributed by atoms with E-state index >= 15 is 0 Å². The monoisotopic (exact) mass is 355 g/mol. The number of carbonyl (C=O) groups excluding carboxylic acids is 1. The van der Waals surface area contributed by atoms with Crippen molar-refractivity contribution in [3.05, 3.63) is 96.6 Å². The maximum Gasteiger partial charge on any atom is 0.159 e. The van der Waals surface area contributed by atoms with Crippen LogP contribution in [0.4, 0.5) is 0 Å². The lowest BCUT2D eigenvalue weighted by molar-refractivity contribution is 0.101. The minimum absolute atomic E-state index is 0.0422. The number of hydrogen-bond acceptors (Lipinski definition) is 3. The lowest BCUT2D eigenvalue weighted by Crippen LogP contribution is -1.95. The van der Waals surface area contributed by atoms with E-state index in [2.05, 4.69) is 12.5 Å². The standard InChI is InChI=1S/C24H19O3/c1-17(25)18-7-11-22(12-8-18)27-24-14-10-19-9-13-23(15-20(19)16-24)26-21-5-3-2-4-6-21/h2-3,5-16H,4H2,1H3. The molecule has 0 saturated carbocycles. The summed E-state index contributed by atoms with van der Waals surface area (Å²) in [5.74, 6) is 3.13. The lowest BCUT2D eigenvalue weighted by atomic mass is 10.1. The second kappa shape index (κ2) is 7.50. The van der Waals surface area contributed by atoms with Crippen molar-refractivity contribution in [2.24, 2.45) is 0 Å². The fraction of sp³-hybridized carbons (Fsp3) is 0.0833. The zero-order valence-corrected chi connectivity index (χ0v) is 15.0. The summed E-state index contributed by atoms with van der Waals surface area (Å²) >= 11 is 0. The summed E-state index contributed by atoms with van der Waals surface area (Å²) in [6.07, 6.45) is 8.98. The Balaban J connectivity index is 1.56. The Morgan fingerprint density at radius 2 is 1.48 bits per heavy atom. The second-order valence-corrected chi connectivity index (χ2v) is 6.39. The zero-order chi connectivity index (χ0) is 18.6. The molecule has 0 spiro atoms. The molecule has 133 valence electrons. The van der Waals surface area contributed by atoms with Gasteiger partial charge in [0.05, 0.1) is 0 Å². The summed E-state index contributed by atoms with van der Waals surface area (Å²) in [5.41, 5.74) is 0.673. The molecule has 3 aromatic rings. The molecule has 1 radical (unpaired) electrons. The Morgan fingerprint density at radius 3 is 2.11 bits per heavy atom. The third-order valence-corrected chi connectivity index (χ3v) is 4.37. The van der Waals surface area contributed by atoms with E-state index < -0.39 is 0 Å². The molecule has 0 fully saturated rings. The predicted molar refractivity (Wildman–Crippen MR) is 107 cm³/mol. The molecule has 3 heteroatoms. The fourth-order valence-corrected chi connectivity index (χ4v) is 2.93. The lowest BCUT2D eigenvalue weighted by Gasteiger charge is -2.11. The average Bonchev–Trinajstić information content (AvgIpc) is 2.69. The van der Waals surface area contributed by atoms with Crippen molar-refractivity contribution >= 4 is 16.6 Å². The Bertz CT molecular complexity index is 1040. The molecule has 1 aliphatic carbocycles. The quantitative estimate of drug-likeness (QED) is 0.507. The van der Waals surface area contributed by atoms with Crippen LogP contribution in [0.5, 0.6) is 17.2 Å². The van der Waals surface area contributed by atoms with Crippen molar-refractivity contribution in [1.29, 1.82) is 0 Å². The van der Waals surface area contributed by atoms with Gasteiger partial charge in [-0.3, -0.25) is 4.79 Å². The summed E-state index contributed by atoms with van der Waals surface area (Å²) in [6, 6.07) is 19.1. The Morgan fingerprint density at radius 1 is 0.815 bits per heavy atom. The highest BCUT2D eigenvalue weighted by atomic mass is 16.5. The maximum atomic E-state index is 11.4. The number of fused-ring (bicyclic) bond motifs is 1. The van der Waals surface area contributed by atoms with E-state index in [-0.39, 0.29) is 5.78 Å². The van der Waals surface area contributed by atoms with Crippen molar-refractivity contribution in [3.63, 3.8) is 0 Å². The predicted octanol–water partition coefficient (Wildman–Crippen LogP) is 6.26. The molecule has 0 N–H and O–H groups in total. The number of benzene rings is 3. The molecule has 0 aliphatic heterocycles. The zero-order valence-electron chi connectivity index (χ0n) is 15.0. The Labute approximate surface area is 158 Å². The first kappa shape index (κ1) is 17.1. The van der Waals surface area contributed by atoms with E-state index in [1.807, 2.05) is 48.6 Å². The van der Waals surface area contributed by atoms with E-state index in [1.54, 1.807) is 31.2 Å². The smallest absolute Gasteiger partial charge is 0.159 e. The number of allylic oxidation sites excluding steroid dienone is 3. The molecule has 0 amide bonds. The van der Waals surface area contributed by atoms with Gasteiger partial charge in [-0.2, -0.15) is 0 Å². The van der Waals surface area contributed by atoms with Crippen molar-refractivity contribution in [3.8, 4) is 17.2 Å². The third-order valence-electron chi connectivity index (χ3n) is 4.37. The summed E-state index contributed by atoms with van der Waals surface area (Å²) in [7, 11) is 0. The van der Waals surface area contributed by atoms with Crippen LogP contribution in [0.3, 0.4) is 0 Å². The first-order valence-electron chi connectivity index (χ1n) is 8.88. The number of carbonyl (C=O) groups is 1. The fourth-order valence-electron chi connectivity index (χ4n) is 2.93. The van der Waals surface area contributed by atoms with Gasteiger partial charge in [-0.15, -0.1) is 0 Å². The largest absolute Gasteiger partial charge is 0.458 e. The topological polar surface area (TPSA) is 35.5 Å². The van der Waals surface area contributed by atoms with Gasteiger partial charge in [0, 0.05) is 5.56 Å². The first-order valence-corrected chi connectivity index (χ1v) is 8.88. The molecule has 0 atom stereocenters. The molecular weight excluding hydrogens is 336 g/mol. The molecule has 4 rings (SSSR count). The van der Waals surface area contributed by atoms with Gasteiger partial charge in [0.2, 0.25) is 0 Å². The Kier molecular flexibility index (Phi) is 4.75. The molecule has 0 unspecified atom stereocenters. The minimum atomic E-state index is 0.0422. The van der Waals surface area contributed by atoms with Crippen LogP contribution >= 0.6 is 0 Å². The molecule has 27 heavy (non-hydrogen) atoms. The summed E-state index contributed by atoms with van der Waals surface area (Å²) in [6.45, 7) is 1.55. The molecule has 0 aromatic heterocycles. The van der Waals surface area contributed by atoms with Gasteiger partial charge in [-0.1, -0.05) is 18.2 Å². The van der Waals surface area contributed by atoms with E-state index in [4.69, 9.17) is 9.47 Å². The number of rotatable bonds is 5. The van der Waals surface area contributed by atoms with Crippen LogP contribution in [0.25, 0.3) is 10.8 Å². The Hall–Kier alpha value is -3.33. The van der Waals surface area contributed by atoms with Crippen molar-refractivity contribution < 1.29 is 14.3 Å². The van der Waals surface area contributed by atoms with Gasteiger partial charge in [0.1, 0.15) is 23.0 Å². The van der Waals surface area contributed by atoms with Crippen molar-refractivity contribution in [2.75, 3.05) is 0 Å². The molecule has 0 saturated heterocycles. The average molecular weight is 355 g/mol. The van der Waals surface area contributed by atoms with Crippen LogP contribution in [-0.2, 0) is 0 Å². The maximum absolute atomic E-state index is 11.4. The molecule has 1 aliphatic rings. The molecule has 3 nitrogen and oxygen atoms in total. The van der Waals surface area contributed by atoms with E-state index in [1.165, 1.54) is 0 Å². The van der Waals surface area contributed by atoms with Gasteiger partial charge in [0.25, 0.3) is 0 Å². The summed E-state index contributed by atoms with van der Waals surface area (Å²) in [4.78, 5) is 11.4. The number of hydrogen-bond donors (Lipinski definition) is 0. The van der Waals surface area contributed by atoms with E-state index in [0.29, 0.717) is 11.3 Å². The SMILES string of the molecule is CC(=O)c1ccc(Oc2ccc3ccc(OC4=CC[CH]C=C4)cc3c2)cc1. The molecular formula is C24H19O3. The summed E-state index contributed by atoms with van der Waals surface area (Å²) in [5, 5.41) is 2.15. The number of ketones is 1. The first-order chi connectivity index (χ1) is 13.2. The van der Waals surface area contributed by atoms with Gasteiger partial charge >= 0.3 is 0 Å². The number of Topliss-reactive ketones (excluding diaryl/α,β-unsaturated/α-hetero) is 1. The molecule has 0 heterocycles. The van der Waals surface area contributed by atoms with E-state index in [9.17, 15) is 4.79 Å². The van der Waals surface area contributed by atoms with Gasteiger partial charge in [-0.05, 0) is 91.2 Å².